The van der Waals surface area contributed by atoms with Crippen LogP contribution in [0.4, 0.5) is 0 Å². The van der Waals surface area contributed by atoms with Crippen molar-refractivity contribution in [3.05, 3.63) is 29.8 Å². The summed E-state index contributed by atoms with van der Waals surface area (Å²) in [5.41, 5.74) is 1.23. The number of nitrogens with zero attached hydrogens (tertiary/aromatic N) is 1. The van der Waals surface area contributed by atoms with Crippen molar-refractivity contribution in [1.82, 2.24) is 16.0 Å². The third-order valence-electron chi connectivity index (χ3n) is 3.84. The lowest BCUT2D eigenvalue weighted by atomic mass is 10.1. The Morgan fingerprint density at radius 2 is 2.13 bits per heavy atom. The quantitative estimate of drug-likeness (QED) is 0.696. The highest BCUT2D eigenvalue weighted by molar-refractivity contribution is 5.80. The van der Waals surface area contributed by atoms with E-state index in [0.29, 0.717) is 6.04 Å². The fraction of sp³-hybridized carbons (Fsp3) is 0.529. The maximum absolute atomic E-state index is 11.6. The third kappa shape index (κ3) is 5.47. The summed E-state index contributed by atoms with van der Waals surface area (Å²) in [6.07, 6.45) is 4.21. The summed E-state index contributed by atoms with van der Waals surface area (Å²) >= 11 is 0. The highest BCUT2D eigenvalue weighted by Crippen LogP contribution is 2.18. The van der Waals surface area contributed by atoms with Gasteiger partial charge in [0.15, 0.2) is 12.6 Å². The number of carbonyl (C=O) groups is 1. The predicted octanol–water partition coefficient (Wildman–Crippen LogP) is 0.825. The Morgan fingerprint density at radius 3 is 2.83 bits per heavy atom. The predicted molar refractivity (Wildman–Crippen MR) is 89.7 cm³/mol. The molecule has 0 aromatic heterocycles. The minimum Gasteiger partial charge on any atom is -0.484 e. The SMILES string of the molecule is O=C(COc1ccc(CCNC2=NCCCN2)cc1)NC1CC1. The number of hydrogen-bond acceptors (Lipinski definition) is 5. The van der Waals surface area contributed by atoms with Crippen molar-refractivity contribution >= 4 is 11.9 Å². The van der Waals surface area contributed by atoms with E-state index < -0.39 is 0 Å². The average molecular weight is 316 g/mol. The Labute approximate surface area is 136 Å². The van der Waals surface area contributed by atoms with E-state index in [1.54, 1.807) is 0 Å². The molecule has 0 unspecified atom stereocenters. The van der Waals surface area contributed by atoms with E-state index in [-0.39, 0.29) is 12.5 Å². The van der Waals surface area contributed by atoms with E-state index >= 15 is 0 Å². The smallest absolute Gasteiger partial charge is 0.258 e. The average Bonchev–Trinajstić information content (AvgIpc) is 3.39. The molecule has 3 N–H and O–H groups in total. The summed E-state index contributed by atoms with van der Waals surface area (Å²) in [6.45, 7) is 2.82. The minimum absolute atomic E-state index is 0.0402. The molecule has 3 rings (SSSR count). The van der Waals surface area contributed by atoms with Crippen LogP contribution in [0, 0.1) is 0 Å². The zero-order chi connectivity index (χ0) is 15.9. The Kier molecular flexibility index (Phi) is 5.34. The number of benzene rings is 1. The number of nitrogens with one attached hydrogen (secondary N) is 3. The largest absolute Gasteiger partial charge is 0.484 e. The number of guanidine groups is 1. The second-order valence-electron chi connectivity index (χ2n) is 5.96. The molecule has 23 heavy (non-hydrogen) atoms. The molecule has 6 nitrogen and oxygen atoms in total. The van der Waals surface area contributed by atoms with Gasteiger partial charge in [-0.15, -0.1) is 0 Å². The van der Waals surface area contributed by atoms with E-state index in [1.165, 1.54) is 5.56 Å². The van der Waals surface area contributed by atoms with Crippen LogP contribution in [0.25, 0.3) is 0 Å². The van der Waals surface area contributed by atoms with Crippen LogP contribution in [0.5, 0.6) is 5.75 Å². The molecular weight excluding hydrogens is 292 g/mol. The third-order valence-corrected chi connectivity index (χ3v) is 3.84. The van der Waals surface area contributed by atoms with Crippen LogP contribution in [-0.2, 0) is 11.2 Å². The van der Waals surface area contributed by atoms with Crippen LogP contribution in [0.2, 0.25) is 0 Å². The first kappa shape index (κ1) is 15.6. The summed E-state index contributed by atoms with van der Waals surface area (Å²) in [5, 5.41) is 9.45. The van der Waals surface area contributed by atoms with Gasteiger partial charge in [0.2, 0.25) is 0 Å². The molecule has 1 aliphatic carbocycles. The Balaban J connectivity index is 1.36. The van der Waals surface area contributed by atoms with E-state index in [4.69, 9.17) is 4.74 Å². The van der Waals surface area contributed by atoms with Gasteiger partial charge in [-0.2, -0.15) is 0 Å². The molecule has 1 aromatic carbocycles. The van der Waals surface area contributed by atoms with Crippen LogP contribution in [0.3, 0.4) is 0 Å². The van der Waals surface area contributed by atoms with Crippen LogP contribution in [0.15, 0.2) is 29.3 Å². The molecule has 124 valence electrons. The molecule has 1 fully saturated rings. The Morgan fingerprint density at radius 1 is 1.30 bits per heavy atom. The zero-order valence-electron chi connectivity index (χ0n) is 13.3. The number of aliphatic imine (C=N–C) groups is 1. The first-order valence-corrected chi connectivity index (χ1v) is 8.33. The minimum atomic E-state index is -0.0402. The van der Waals surface area contributed by atoms with Crippen molar-refractivity contribution in [2.75, 3.05) is 26.2 Å². The molecule has 0 radical (unpaired) electrons. The molecule has 1 saturated carbocycles. The molecule has 1 aliphatic heterocycles. The number of rotatable bonds is 7. The van der Waals surface area contributed by atoms with Crippen molar-refractivity contribution in [3.8, 4) is 5.75 Å². The highest BCUT2D eigenvalue weighted by atomic mass is 16.5. The molecule has 0 bridgehead atoms. The summed E-state index contributed by atoms with van der Waals surface area (Å²) in [4.78, 5) is 15.9. The van der Waals surface area contributed by atoms with Gasteiger partial charge >= 0.3 is 0 Å². The lowest BCUT2D eigenvalue weighted by molar-refractivity contribution is -0.123. The van der Waals surface area contributed by atoms with Gasteiger partial charge in [-0.25, -0.2) is 0 Å². The summed E-state index contributed by atoms with van der Waals surface area (Å²) in [7, 11) is 0. The molecular formula is C17H24N4O2. The molecule has 1 amide bonds. The maximum atomic E-state index is 11.6. The molecule has 0 atom stereocenters. The standard InChI is InChI=1S/C17H24N4O2/c22-16(21-14-4-5-14)12-23-15-6-2-13(3-7-15)8-11-20-17-18-9-1-10-19-17/h2-3,6-7,14H,1,4-5,8-12H2,(H,21,22)(H2,18,19,20). The fourth-order valence-corrected chi connectivity index (χ4v) is 2.37. The Hall–Kier alpha value is -2.24. The number of ether oxygens (including phenoxy) is 1. The van der Waals surface area contributed by atoms with Crippen LogP contribution < -0.4 is 20.7 Å². The molecule has 1 heterocycles. The van der Waals surface area contributed by atoms with Gasteiger partial charge < -0.3 is 20.7 Å². The first-order chi connectivity index (χ1) is 11.3. The summed E-state index contributed by atoms with van der Waals surface area (Å²) < 4.78 is 5.49. The first-order valence-electron chi connectivity index (χ1n) is 8.33. The van der Waals surface area contributed by atoms with Crippen molar-refractivity contribution in [2.45, 2.75) is 31.7 Å². The van der Waals surface area contributed by atoms with Crippen molar-refractivity contribution in [3.63, 3.8) is 0 Å². The van der Waals surface area contributed by atoms with Crippen molar-refractivity contribution in [1.29, 1.82) is 0 Å². The molecule has 2 aliphatic rings. The van der Waals surface area contributed by atoms with Crippen LogP contribution in [-0.4, -0.2) is 44.1 Å². The fourth-order valence-electron chi connectivity index (χ4n) is 2.37. The van der Waals surface area contributed by atoms with Gasteiger partial charge in [-0.05, 0) is 43.4 Å². The number of carbonyl (C=O) groups excluding carboxylic acids is 1. The number of amides is 1. The van der Waals surface area contributed by atoms with E-state index in [1.807, 2.05) is 24.3 Å². The lowest BCUT2D eigenvalue weighted by Gasteiger charge is -2.15. The highest BCUT2D eigenvalue weighted by Gasteiger charge is 2.23. The van der Waals surface area contributed by atoms with Gasteiger partial charge in [0.05, 0.1) is 0 Å². The summed E-state index contributed by atoms with van der Waals surface area (Å²) in [5.74, 6) is 1.59. The number of hydrogen-bond donors (Lipinski definition) is 3. The molecule has 0 saturated heterocycles. The van der Waals surface area contributed by atoms with Gasteiger partial charge in [0.25, 0.3) is 5.91 Å². The van der Waals surface area contributed by atoms with E-state index in [2.05, 4.69) is 20.9 Å². The van der Waals surface area contributed by atoms with Crippen molar-refractivity contribution in [2.24, 2.45) is 4.99 Å². The van der Waals surface area contributed by atoms with Crippen molar-refractivity contribution < 1.29 is 9.53 Å². The van der Waals surface area contributed by atoms with E-state index in [9.17, 15) is 4.79 Å². The monoisotopic (exact) mass is 316 g/mol. The lowest BCUT2D eigenvalue weighted by Crippen LogP contribution is -2.41. The van der Waals surface area contributed by atoms with Crippen LogP contribution in [0.1, 0.15) is 24.8 Å². The van der Waals surface area contributed by atoms with Crippen LogP contribution >= 0.6 is 0 Å². The molecule has 1 aromatic rings. The summed E-state index contributed by atoms with van der Waals surface area (Å²) in [6, 6.07) is 8.27. The molecule has 0 spiro atoms. The zero-order valence-corrected chi connectivity index (χ0v) is 13.3. The van der Waals surface area contributed by atoms with Gasteiger partial charge in [0.1, 0.15) is 5.75 Å². The molecule has 6 heteroatoms. The second-order valence-corrected chi connectivity index (χ2v) is 5.96. The maximum Gasteiger partial charge on any atom is 0.258 e. The second kappa shape index (κ2) is 7.85. The van der Waals surface area contributed by atoms with Gasteiger partial charge in [0, 0.05) is 25.7 Å². The normalized spacial score (nSPS) is 17.0. The topological polar surface area (TPSA) is 74.8 Å². The Bertz CT molecular complexity index is 552. The van der Waals surface area contributed by atoms with Gasteiger partial charge in [-0.1, -0.05) is 12.1 Å². The van der Waals surface area contributed by atoms with Gasteiger partial charge in [-0.3, -0.25) is 9.79 Å². The van der Waals surface area contributed by atoms with E-state index in [0.717, 1.165) is 57.0 Å².